The van der Waals surface area contributed by atoms with E-state index in [4.69, 9.17) is 16.3 Å². The molecule has 1 fully saturated rings. The summed E-state index contributed by atoms with van der Waals surface area (Å²) in [6.07, 6.45) is 0. The Kier molecular flexibility index (Phi) is 4.49. The molecule has 0 bridgehead atoms. The summed E-state index contributed by atoms with van der Waals surface area (Å²) in [5.74, 6) is -0.613. The van der Waals surface area contributed by atoms with Crippen molar-refractivity contribution in [1.29, 1.82) is 0 Å². The lowest BCUT2D eigenvalue weighted by Crippen LogP contribution is -2.40. The van der Waals surface area contributed by atoms with Gasteiger partial charge in [-0.2, -0.15) is 0 Å². The molecular weight excluding hydrogens is 352 g/mol. The highest BCUT2D eigenvalue weighted by atomic mass is 35.5. The summed E-state index contributed by atoms with van der Waals surface area (Å²) in [5.41, 5.74) is 2.10. The number of imide groups is 1. The van der Waals surface area contributed by atoms with Crippen LogP contribution in [0.25, 0.3) is 5.57 Å². The van der Waals surface area contributed by atoms with Crippen molar-refractivity contribution in [2.45, 2.75) is 0 Å². The molecule has 4 rings (SSSR count). The molecule has 2 aliphatic rings. The van der Waals surface area contributed by atoms with Crippen LogP contribution >= 0.6 is 11.6 Å². The summed E-state index contributed by atoms with van der Waals surface area (Å²) >= 11 is 5.99. The van der Waals surface area contributed by atoms with Crippen LogP contribution < -0.4 is 4.90 Å². The van der Waals surface area contributed by atoms with Gasteiger partial charge in [-0.1, -0.05) is 41.9 Å². The molecule has 0 unspecified atom stereocenters. The molecule has 0 radical (unpaired) electrons. The van der Waals surface area contributed by atoms with Gasteiger partial charge in [0.25, 0.3) is 11.8 Å². The van der Waals surface area contributed by atoms with Crippen LogP contribution in [0.1, 0.15) is 5.56 Å². The second kappa shape index (κ2) is 6.94. The molecule has 0 saturated carbocycles. The lowest BCUT2D eigenvalue weighted by molar-refractivity contribution is -0.121. The van der Waals surface area contributed by atoms with Crippen molar-refractivity contribution < 1.29 is 14.3 Å². The number of nitrogens with zero attached hydrogens (tertiary/aromatic N) is 2. The van der Waals surface area contributed by atoms with E-state index in [2.05, 4.69) is 0 Å². The molecule has 2 aromatic rings. The minimum absolute atomic E-state index is 0.298. The molecule has 2 heterocycles. The van der Waals surface area contributed by atoms with Gasteiger partial charge in [-0.15, -0.1) is 0 Å². The number of anilines is 1. The zero-order chi connectivity index (χ0) is 18.1. The SMILES string of the molecule is O=C1C(c2ccc(Cl)cc2)=C(N2CCOCC2)C(=O)N1c1ccccc1. The average molecular weight is 369 g/mol. The molecule has 1 saturated heterocycles. The first-order valence-electron chi connectivity index (χ1n) is 8.43. The van der Waals surface area contributed by atoms with Crippen LogP contribution in [-0.4, -0.2) is 43.0 Å². The number of rotatable bonds is 3. The Bertz CT molecular complexity index is 872. The fourth-order valence-electron chi connectivity index (χ4n) is 3.29. The maximum absolute atomic E-state index is 13.2. The van der Waals surface area contributed by atoms with Gasteiger partial charge < -0.3 is 9.64 Å². The van der Waals surface area contributed by atoms with Crippen molar-refractivity contribution >= 4 is 34.7 Å². The second-order valence-electron chi connectivity index (χ2n) is 6.11. The van der Waals surface area contributed by atoms with Crippen LogP contribution in [-0.2, 0) is 14.3 Å². The predicted octanol–water partition coefficient (Wildman–Crippen LogP) is 2.96. The van der Waals surface area contributed by atoms with Crippen LogP contribution in [0.4, 0.5) is 5.69 Å². The number of para-hydroxylation sites is 1. The molecule has 5 nitrogen and oxygen atoms in total. The second-order valence-corrected chi connectivity index (χ2v) is 6.55. The van der Waals surface area contributed by atoms with Crippen LogP contribution in [0.2, 0.25) is 5.02 Å². The average Bonchev–Trinajstić information content (AvgIpc) is 2.94. The molecule has 2 aliphatic heterocycles. The number of halogens is 1. The minimum atomic E-state index is -0.315. The van der Waals surface area contributed by atoms with Crippen molar-refractivity contribution in [3.63, 3.8) is 0 Å². The number of hydrogen-bond acceptors (Lipinski definition) is 4. The van der Waals surface area contributed by atoms with E-state index in [0.29, 0.717) is 53.8 Å². The third kappa shape index (κ3) is 2.89. The zero-order valence-electron chi connectivity index (χ0n) is 14.0. The third-order valence-corrected chi connectivity index (χ3v) is 4.79. The molecule has 0 atom stereocenters. The molecule has 6 heteroatoms. The molecule has 0 aliphatic carbocycles. The number of ether oxygens (including phenoxy) is 1. The number of carbonyl (C=O) groups is 2. The van der Waals surface area contributed by atoms with E-state index in [1.165, 1.54) is 4.90 Å². The Morgan fingerprint density at radius 2 is 1.50 bits per heavy atom. The maximum atomic E-state index is 13.2. The predicted molar refractivity (Wildman–Crippen MR) is 99.7 cm³/mol. The molecule has 2 amide bonds. The summed E-state index contributed by atoms with van der Waals surface area (Å²) in [5, 5.41) is 0.582. The van der Waals surface area contributed by atoms with Gasteiger partial charge in [0.05, 0.1) is 24.5 Å². The number of benzene rings is 2. The van der Waals surface area contributed by atoms with E-state index >= 15 is 0 Å². The zero-order valence-corrected chi connectivity index (χ0v) is 14.8. The van der Waals surface area contributed by atoms with E-state index in [-0.39, 0.29) is 11.8 Å². The van der Waals surface area contributed by atoms with E-state index in [1.54, 1.807) is 36.4 Å². The summed E-state index contributed by atoms with van der Waals surface area (Å²) in [4.78, 5) is 29.6. The lowest BCUT2D eigenvalue weighted by atomic mass is 10.0. The van der Waals surface area contributed by atoms with Gasteiger partial charge in [-0.05, 0) is 29.8 Å². The highest BCUT2D eigenvalue weighted by molar-refractivity contribution is 6.45. The van der Waals surface area contributed by atoms with Crippen molar-refractivity contribution in [2.75, 3.05) is 31.2 Å². The monoisotopic (exact) mass is 368 g/mol. The molecule has 2 aromatic carbocycles. The topological polar surface area (TPSA) is 49.9 Å². The fraction of sp³-hybridized carbons (Fsp3) is 0.200. The molecular formula is C20H17ClN2O3. The Morgan fingerprint density at radius 1 is 0.846 bits per heavy atom. The number of hydrogen-bond donors (Lipinski definition) is 0. The molecule has 26 heavy (non-hydrogen) atoms. The minimum Gasteiger partial charge on any atom is -0.378 e. The Morgan fingerprint density at radius 3 is 2.15 bits per heavy atom. The smallest absolute Gasteiger partial charge is 0.282 e. The molecule has 0 aromatic heterocycles. The van der Waals surface area contributed by atoms with Gasteiger partial charge in [0.15, 0.2) is 0 Å². The maximum Gasteiger partial charge on any atom is 0.282 e. The van der Waals surface area contributed by atoms with Crippen molar-refractivity contribution in [1.82, 2.24) is 4.90 Å². The van der Waals surface area contributed by atoms with E-state index in [9.17, 15) is 9.59 Å². The van der Waals surface area contributed by atoms with Crippen LogP contribution in [0, 0.1) is 0 Å². The Labute approximate surface area is 156 Å². The fourth-order valence-corrected chi connectivity index (χ4v) is 3.41. The first kappa shape index (κ1) is 16.8. The highest BCUT2D eigenvalue weighted by Gasteiger charge is 2.42. The highest BCUT2D eigenvalue weighted by Crippen LogP contribution is 2.35. The Hall–Kier alpha value is -2.63. The lowest BCUT2D eigenvalue weighted by Gasteiger charge is -2.29. The van der Waals surface area contributed by atoms with E-state index in [0.717, 1.165) is 0 Å². The molecule has 0 spiro atoms. The van der Waals surface area contributed by atoms with Crippen LogP contribution in [0.5, 0.6) is 0 Å². The number of morpholine rings is 1. The summed E-state index contributed by atoms with van der Waals surface area (Å²) in [6.45, 7) is 2.22. The Balaban J connectivity index is 1.83. The van der Waals surface area contributed by atoms with Crippen LogP contribution in [0.15, 0.2) is 60.3 Å². The van der Waals surface area contributed by atoms with Crippen LogP contribution in [0.3, 0.4) is 0 Å². The van der Waals surface area contributed by atoms with Crippen molar-refractivity contribution in [3.05, 3.63) is 70.9 Å². The first-order chi connectivity index (χ1) is 12.7. The van der Waals surface area contributed by atoms with Gasteiger partial charge in [-0.3, -0.25) is 9.59 Å². The van der Waals surface area contributed by atoms with E-state index in [1.807, 2.05) is 23.1 Å². The van der Waals surface area contributed by atoms with Crippen molar-refractivity contribution in [2.24, 2.45) is 0 Å². The number of carbonyl (C=O) groups excluding carboxylic acids is 2. The summed E-state index contributed by atoms with van der Waals surface area (Å²) < 4.78 is 5.40. The van der Waals surface area contributed by atoms with E-state index < -0.39 is 0 Å². The summed E-state index contributed by atoms with van der Waals surface area (Å²) in [7, 11) is 0. The first-order valence-corrected chi connectivity index (χ1v) is 8.81. The van der Waals surface area contributed by atoms with Gasteiger partial charge in [0.2, 0.25) is 0 Å². The molecule has 132 valence electrons. The summed E-state index contributed by atoms with van der Waals surface area (Å²) in [6, 6.07) is 16.0. The van der Waals surface area contributed by atoms with Crippen molar-refractivity contribution in [3.8, 4) is 0 Å². The molecule has 0 N–H and O–H groups in total. The normalized spacial score (nSPS) is 18.0. The third-order valence-electron chi connectivity index (χ3n) is 4.53. The van der Waals surface area contributed by atoms with Gasteiger partial charge in [0.1, 0.15) is 5.70 Å². The van der Waals surface area contributed by atoms with Gasteiger partial charge in [-0.25, -0.2) is 4.90 Å². The number of amides is 2. The quantitative estimate of drug-likeness (QED) is 0.782. The standard InChI is InChI=1S/C20H17ClN2O3/c21-15-8-6-14(7-9-15)17-18(22-10-12-26-13-11-22)20(25)23(19(17)24)16-4-2-1-3-5-16/h1-9H,10-13H2. The van der Waals surface area contributed by atoms with Gasteiger partial charge in [0, 0.05) is 18.1 Å². The largest absolute Gasteiger partial charge is 0.378 e. The van der Waals surface area contributed by atoms with Gasteiger partial charge >= 0.3 is 0 Å².